The molecular weight excluding hydrogens is 164 g/mol. The zero-order valence-corrected chi connectivity index (χ0v) is 8.57. The van der Waals surface area contributed by atoms with E-state index in [-0.39, 0.29) is 0 Å². The van der Waals surface area contributed by atoms with Crippen LogP contribution in [0.25, 0.3) is 0 Å². The summed E-state index contributed by atoms with van der Waals surface area (Å²) in [5.41, 5.74) is 0. The molecule has 1 aromatic rings. The summed E-state index contributed by atoms with van der Waals surface area (Å²) in [5.74, 6) is 0.979. The number of methoxy groups -OCH3 is 1. The molecule has 1 saturated heterocycles. The van der Waals surface area contributed by atoms with Gasteiger partial charge in [0.15, 0.2) is 0 Å². The van der Waals surface area contributed by atoms with E-state index in [0.29, 0.717) is 0 Å². The molecule has 0 spiro atoms. The molecule has 12 heavy (non-hydrogen) atoms. The average molecular weight is 178 g/mol. The summed E-state index contributed by atoms with van der Waals surface area (Å²) in [5, 5.41) is 1.61. The van der Waals surface area contributed by atoms with E-state index in [1.54, 1.807) is 12.3 Å². The number of ether oxygens (including phenoxy) is 1. The van der Waals surface area contributed by atoms with Crippen LogP contribution in [0.5, 0.6) is 5.75 Å². The molecule has 1 aliphatic heterocycles. The van der Waals surface area contributed by atoms with Crippen molar-refractivity contribution in [1.29, 1.82) is 0 Å². The van der Waals surface area contributed by atoms with Crippen LogP contribution in [0.1, 0.15) is 6.42 Å². The van der Waals surface area contributed by atoms with Crippen molar-refractivity contribution < 1.29 is 4.74 Å². The van der Waals surface area contributed by atoms with E-state index in [9.17, 15) is 0 Å². The Balaban J connectivity index is 2.13. The van der Waals surface area contributed by atoms with Gasteiger partial charge in [-0.2, -0.15) is 0 Å². The first-order chi connectivity index (χ1) is 5.90. The highest BCUT2D eigenvalue weighted by Gasteiger charge is 2.20. The highest BCUT2D eigenvalue weighted by atomic mass is 28.3. The molecule has 2 heteroatoms. The van der Waals surface area contributed by atoms with Crippen LogP contribution in [0, 0.1) is 0 Å². The standard InChI is InChI=1S/C10H14OSi/c1-11-9-3-5-10(6-4-9)12-7-2-8-12/h3-6,12H,2,7-8H2,1H3. The maximum Gasteiger partial charge on any atom is 0.118 e. The number of hydrogen-bond donors (Lipinski definition) is 0. The topological polar surface area (TPSA) is 9.23 Å². The van der Waals surface area contributed by atoms with Gasteiger partial charge in [-0.15, -0.1) is 0 Å². The Labute approximate surface area is 75.0 Å². The normalized spacial score (nSPS) is 17.1. The molecule has 0 aromatic heterocycles. The summed E-state index contributed by atoms with van der Waals surface area (Å²) in [6.45, 7) is 0. The first-order valence-electron chi connectivity index (χ1n) is 4.54. The number of rotatable bonds is 2. The average Bonchev–Trinajstić information content (AvgIpc) is 2.03. The number of benzene rings is 1. The van der Waals surface area contributed by atoms with Crippen LogP contribution in [-0.4, -0.2) is 15.9 Å². The first kappa shape index (κ1) is 7.86. The van der Waals surface area contributed by atoms with Crippen molar-refractivity contribution in [2.45, 2.75) is 18.5 Å². The summed E-state index contributed by atoms with van der Waals surface area (Å²) < 4.78 is 5.12. The minimum atomic E-state index is -0.446. The molecule has 0 amide bonds. The molecule has 0 aliphatic carbocycles. The molecule has 1 aliphatic rings. The largest absolute Gasteiger partial charge is 0.497 e. The van der Waals surface area contributed by atoms with Crippen LogP contribution >= 0.6 is 0 Å². The fourth-order valence-electron chi connectivity index (χ4n) is 1.62. The van der Waals surface area contributed by atoms with Crippen molar-refractivity contribution in [2.24, 2.45) is 0 Å². The first-order valence-corrected chi connectivity index (χ1v) is 6.75. The second-order valence-corrected chi connectivity index (χ2v) is 6.62. The van der Waals surface area contributed by atoms with E-state index in [4.69, 9.17) is 4.74 Å². The lowest BCUT2D eigenvalue weighted by atomic mass is 10.3. The minimum absolute atomic E-state index is 0.446. The lowest BCUT2D eigenvalue weighted by Crippen LogP contribution is -2.35. The van der Waals surface area contributed by atoms with Crippen LogP contribution in [0.4, 0.5) is 0 Å². The third kappa shape index (κ3) is 1.39. The van der Waals surface area contributed by atoms with Gasteiger partial charge in [0.25, 0.3) is 0 Å². The number of hydrogen-bond acceptors (Lipinski definition) is 1. The van der Waals surface area contributed by atoms with Crippen LogP contribution in [0.3, 0.4) is 0 Å². The molecule has 0 bridgehead atoms. The van der Waals surface area contributed by atoms with Crippen LogP contribution < -0.4 is 9.92 Å². The Hall–Kier alpha value is -0.763. The second-order valence-electron chi connectivity index (χ2n) is 3.40. The monoisotopic (exact) mass is 178 g/mol. The van der Waals surface area contributed by atoms with Gasteiger partial charge >= 0.3 is 0 Å². The van der Waals surface area contributed by atoms with Gasteiger partial charge in [0.2, 0.25) is 0 Å². The quantitative estimate of drug-likeness (QED) is 0.624. The van der Waals surface area contributed by atoms with Crippen molar-refractivity contribution in [2.75, 3.05) is 7.11 Å². The van der Waals surface area contributed by atoms with Crippen LogP contribution in [0.15, 0.2) is 24.3 Å². The van der Waals surface area contributed by atoms with Gasteiger partial charge in [-0.3, -0.25) is 0 Å². The summed E-state index contributed by atoms with van der Waals surface area (Å²) >= 11 is 0. The van der Waals surface area contributed by atoms with E-state index in [0.717, 1.165) is 5.75 Å². The molecule has 1 heterocycles. The highest BCUT2D eigenvalue weighted by molar-refractivity contribution is 6.75. The highest BCUT2D eigenvalue weighted by Crippen LogP contribution is 2.20. The van der Waals surface area contributed by atoms with Gasteiger partial charge in [-0.05, 0) is 12.1 Å². The van der Waals surface area contributed by atoms with Crippen molar-refractivity contribution in [3.8, 4) is 5.75 Å². The maximum atomic E-state index is 5.12. The molecule has 1 fully saturated rings. The van der Waals surface area contributed by atoms with E-state index >= 15 is 0 Å². The van der Waals surface area contributed by atoms with Gasteiger partial charge in [0.1, 0.15) is 5.75 Å². The van der Waals surface area contributed by atoms with Gasteiger partial charge in [0.05, 0.1) is 15.9 Å². The third-order valence-electron chi connectivity index (χ3n) is 2.69. The SMILES string of the molecule is COc1ccc([SiH]2CCC2)cc1. The van der Waals surface area contributed by atoms with Gasteiger partial charge in [-0.1, -0.05) is 35.8 Å². The van der Waals surface area contributed by atoms with E-state index < -0.39 is 8.80 Å². The molecule has 64 valence electrons. The molecule has 1 aromatic carbocycles. The zero-order chi connectivity index (χ0) is 8.39. The Kier molecular flexibility index (Phi) is 2.17. The molecule has 0 unspecified atom stereocenters. The predicted molar refractivity (Wildman–Crippen MR) is 54.0 cm³/mol. The van der Waals surface area contributed by atoms with Crippen LogP contribution in [0.2, 0.25) is 12.1 Å². The summed E-state index contributed by atoms with van der Waals surface area (Å²) in [7, 11) is 1.27. The second kappa shape index (κ2) is 3.31. The van der Waals surface area contributed by atoms with Crippen molar-refractivity contribution in [1.82, 2.24) is 0 Å². The lowest BCUT2D eigenvalue weighted by Gasteiger charge is -2.23. The molecule has 2 rings (SSSR count). The Morgan fingerprint density at radius 1 is 1.17 bits per heavy atom. The van der Waals surface area contributed by atoms with E-state index in [1.165, 1.54) is 18.5 Å². The molecule has 0 N–H and O–H groups in total. The van der Waals surface area contributed by atoms with Gasteiger partial charge < -0.3 is 4.74 Å². The van der Waals surface area contributed by atoms with Crippen molar-refractivity contribution in [3.05, 3.63) is 24.3 Å². The molecule has 0 atom stereocenters. The lowest BCUT2D eigenvalue weighted by molar-refractivity contribution is 0.415. The Bertz CT molecular complexity index is 251. The fraction of sp³-hybridized carbons (Fsp3) is 0.400. The van der Waals surface area contributed by atoms with E-state index in [2.05, 4.69) is 24.3 Å². The maximum absolute atomic E-state index is 5.12. The summed E-state index contributed by atoms with van der Waals surface area (Å²) in [6, 6.07) is 11.7. The van der Waals surface area contributed by atoms with Crippen LogP contribution in [-0.2, 0) is 0 Å². The Morgan fingerprint density at radius 3 is 2.25 bits per heavy atom. The summed E-state index contributed by atoms with van der Waals surface area (Å²) in [6.07, 6.45) is 1.46. The third-order valence-corrected chi connectivity index (χ3v) is 6.23. The smallest absolute Gasteiger partial charge is 0.118 e. The van der Waals surface area contributed by atoms with Crippen molar-refractivity contribution >= 4 is 14.0 Å². The minimum Gasteiger partial charge on any atom is -0.497 e. The van der Waals surface area contributed by atoms with Crippen molar-refractivity contribution in [3.63, 3.8) is 0 Å². The zero-order valence-electron chi connectivity index (χ0n) is 7.42. The van der Waals surface area contributed by atoms with E-state index in [1.807, 2.05) is 0 Å². The molecule has 0 saturated carbocycles. The predicted octanol–water partition coefficient (Wildman–Crippen LogP) is 1.53. The summed E-state index contributed by atoms with van der Waals surface area (Å²) in [4.78, 5) is 0. The fourth-order valence-corrected chi connectivity index (χ4v) is 3.84. The molecule has 1 nitrogen and oxygen atoms in total. The Morgan fingerprint density at radius 2 is 1.83 bits per heavy atom. The molecule has 0 radical (unpaired) electrons. The van der Waals surface area contributed by atoms with Gasteiger partial charge in [0, 0.05) is 0 Å². The molecular formula is C10H14OSi. The van der Waals surface area contributed by atoms with Gasteiger partial charge in [-0.25, -0.2) is 0 Å².